The molecule has 0 atom stereocenters. The number of hydrogen-bond acceptors (Lipinski definition) is 2. The van der Waals surface area contributed by atoms with Gasteiger partial charge in [-0.25, -0.2) is 0 Å². The molecule has 0 unspecified atom stereocenters. The van der Waals surface area contributed by atoms with Crippen LogP contribution in [-0.2, 0) is 43.3 Å². The summed E-state index contributed by atoms with van der Waals surface area (Å²) in [6, 6.07) is 65.0. The van der Waals surface area contributed by atoms with Crippen molar-refractivity contribution in [1.29, 1.82) is 0 Å². The van der Waals surface area contributed by atoms with E-state index in [0.717, 1.165) is 39.6 Å². The molecule has 15 rings (SSSR count). The van der Waals surface area contributed by atoms with Gasteiger partial charge in [0.2, 0.25) is 0 Å². The molecule has 0 amide bonds. The monoisotopic (exact) mass is 1070 g/mol. The van der Waals surface area contributed by atoms with Gasteiger partial charge in [-0.2, -0.15) is 0 Å². The summed E-state index contributed by atoms with van der Waals surface area (Å²) in [6.07, 6.45) is 0. The highest BCUT2D eigenvalue weighted by Crippen LogP contribution is 2.58. The average Bonchev–Trinajstić information content (AvgIpc) is 0.730. The topological polar surface area (TPSA) is 6.48 Å². The first-order valence-electron chi connectivity index (χ1n) is 31.7. The molecular weight excluding hydrogens is 988 g/mol. The SMILES string of the molecule is [2H]C([2H])([2H])c1cc2c3c(c1)N(c1ccc4c(c1)C(C)(C)c1ccccc1C4(C)C)c1cc4c(cc1B3c1cc3c(cc1N2c1ccc2c(c1)C(C)(C)c1ccccc1C2(C)C)C(C)(C)c1ccccc1C3(C)C)C(C)(C)c1ccccc1C4(C)C. The third-order valence-corrected chi connectivity index (χ3v) is 22.3. The molecule has 0 radical (unpaired) electrons. The number of hydrogen-bond donors (Lipinski definition) is 0. The molecule has 0 aromatic heterocycles. The highest BCUT2D eigenvalue weighted by molar-refractivity contribution is 7.00. The van der Waals surface area contributed by atoms with E-state index in [0.29, 0.717) is 5.56 Å². The van der Waals surface area contributed by atoms with Crippen molar-refractivity contribution < 1.29 is 4.11 Å². The molecule has 3 heteroatoms. The Kier molecular flexibility index (Phi) is 9.43. The summed E-state index contributed by atoms with van der Waals surface area (Å²) in [5.74, 6) is 0. The lowest BCUT2D eigenvalue weighted by atomic mass is 9.32. The predicted molar refractivity (Wildman–Crippen MR) is 348 cm³/mol. The van der Waals surface area contributed by atoms with Gasteiger partial charge in [0.05, 0.1) is 0 Å². The van der Waals surface area contributed by atoms with Crippen molar-refractivity contribution in [3.05, 3.63) is 264 Å². The van der Waals surface area contributed by atoms with Crippen molar-refractivity contribution >= 4 is 57.2 Å². The van der Waals surface area contributed by atoms with E-state index in [2.05, 4.69) is 290 Å². The van der Waals surface area contributed by atoms with Crippen LogP contribution in [0.5, 0.6) is 0 Å². The Hall–Kier alpha value is -7.36. The second-order valence-corrected chi connectivity index (χ2v) is 29.6. The van der Waals surface area contributed by atoms with Gasteiger partial charge in [-0.15, -0.1) is 0 Å². The van der Waals surface area contributed by atoms with Crippen LogP contribution in [0.3, 0.4) is 0 Å². The number of nitrogens with zero attached hydrogens (tertiary/aromatic N) is 2. The van der Waals surface area contributed by atoms with Gasteiger partial charge >= 0.3 is 0 Å². The Balaban J connectivity index is 1.09. The summed E-state index contributed by atoms with van der Waals surface area (Å²) in [7, 11) is 0. The zero-order chi connectivity index (χ0) is 60.0. The van der Waals surface area contributed by atoms with E-state index < -0.39 is 6.85 Å². The molecule has 0 spiro atoms. The van der Waals surface area contributed by atoms with E-state index >= 15 is 0 Å². The van der Waals surface area contributed by atoms with Crippen molar-refractivity contribution in [2.75, 3.05) is 9.80 Å². The highest BCUT2D eigenvalue weighted by atomic mass is 15.2. The number of benzene rings is 9. The van der Waals surface area contributed by atoms with Crippen LogP contribution in [0.4, 0.5) is 34.1 Å². The molecule has 6 aliphatic rings. The molecule has 2 aliphatic heterocycles. The summed E-state index contributed by atoms with van der Waals surface area (Å²) in [5.41, 5.74) is 28.7. The summed E-state index contributed by atoms with van der Waals surface area (Å²) in [4.78, 5) is 4.99. The van der Waals surface area contributed by atoms with Gasteiger partial charge in [-0.3, -0.25) is 0 Å². The van der Waals surface area contributed by atoms with Crippen molar-refractivity contribution in [3.8, 4) is 0 Å². The average molecular weight is 1070 g/mol. The van der Waals surface area contributed by atoms with Crippen LogP contribution >= 0.6 is 0 Å². The third kappa shape index (κ3) is 6.33. The van der Waals surface area contributed by atoms with Crippen LogP contribution in [0.1, 0.15) is 209 Å². The molecule has 0 bridgehead atoms. The maximum absolute atomic E-state index is 9.52. The maximum atomic E-state index is 9.52. The molecule has 82 heavy (non-hydrogen) atoms. The first-order chi connectivity index (χ1) is 39.8. The smallest absolute Gasteiger partial charge is 0.252 e. The Morgan fingerprint density at radius 1 is 0.268 bits per heavy atom. The molecule has 4 aliphatic carbocycles. The largest absolute Gasteiger partial charge is 0.311 e. The van der Waals surface area contributed by atoms with E-state index in [4.69, 9.17) is 0 Å². The quantitative estimate of drug-likeness (QED) is 0.159. The van der Waals surface area contributed by atoms with Gasteiger partial charge in [-0.1, -0.05) is 232 Å². The first-order valence-corrected chi connectivity index (χ1v) is 30.2. The third-order valence-electron chi connectivity index (χ3n) is 22.3. The Labute approximate surface area is 494 Å². The molecule has 0 saturated heterocycles. The van der Waals surface area contributed by atoms with Gasteiger partial charge in [0.25, 0.3) is 6.71 Å². The van der Waals surface area contributed by atoms with E-state index in [-0.39, 0.29) is 50.0 Å². The van der Waals surface area contributed by atoms with Crippen LogP contribution in [0.15, 0.2) is 170 Å². The lowest BCUT2D eigenvalue weighted by Gasteiger charge is -2.50. The summed E-state index contributed by atoms with van der Waals surface area (Å²) in [5, 5.41) is 0. The summed E-state index contributed by atoms with van der Waals surface area (Å²) >= 11 is 0. The molecule has 0 saturated carbocycles. The van der Waals surface area contributed by atoms with Crippen LogP contribution in [0.2, 0.25) is 0 Å². The Bertz CT molecular complexity index is 4170. The fraction of sp³-hybridized carbons (Fsp3) is 0.316. The number of aryl methyl sites for hydroxylation is 1. The van der Waals surface area contributed by atoms with E-state index in [1.807, 2.05) is 0 Å². The number of rotatable bonds is 2. The second kappa shape index (κ2) is 16.0. The van der Waals surface area contributed by atoms with Crippen molar-refractivity contribution in [2.24, 2.45) is 0 Å². The lowest BCUT2D eigenvalue weighted by Crippen LogP contribution is -2.62. The van der Waals surface area contributed by atoms with Gasteiger partial charge in [0.15, 0.2) is 0 Å². The molecule has 9 aromatic carbocycles. The fourth-order valence-electron chi connectivity index (χ4n) is 17.6. The van der Waals surface area contributed by atoms with Gasteiger partial charge in [0.1, 0.15) is 0 Å². The standard InChI is InChI=1S/C79H79BN2/c1-46-38-69-71-70(39-46)82(48-35-37-58-60(41-48)75(8,9)52-29-21-19-27-50(52)73(58,4)5)68-45-64-62(77(12,13)54-31-23-25-33-56(54)79(64,16)17)43-66(68)80(71)65-42-61-63(78(14,15)55-32-24-22-30-53(55)76(61,10)11)44-67(65)81(69)47-34-36-57-59(40-47)74(6,7)51-28-20-18-26-49(51)72(57,2)3/h18-45H,1-17H3/i1D3. The van der Waals surface area contributed by atoms with E-state index in [9.17, 15) is 4.11 Å². The normalized spacial score (nSPS) is 20.4. The lowest BCUT2D eigenvalue weighted by molar-refractivity contribution is 0.520. The van der Waals surface area contributed by atoms with Gasteiger partial charge in [-0.05, 0) is 166 Å². The molecular formula is C79H79BN2. The molecule has 9 aromatic rings. The van der Waals surface area contributed by atoms with Crippen LogP contribution in [0.25, 0.3) is 0 Å². The Morgan fingerprint density at radius 3 is 0.793 bits per heavy atom. The summed E-state index contributed by atoms with van der Waals surface area (Å²) in [6.45, 7) is 35.6. The minimum absolute atomic E-state index is 0.250. The Morgan fingerprint density at radius 2 is 0.512 bits per heavy atom. The van der Waals surface area contributed by atoms with Crippen LogP contribution in [0, 0.1) is 6.85 Å². The second-order valence-electron chi connectivity index (χ2n) is 29.6. The molecule has 2 nitrogen and oxygen atoms in total. The molecule has 0 fully saturated rings. The molecule has 2 heterocycles. The van der Waals surface area contributed by atoms with Gasteiger partial charge in [0, 0.05) is 81.6 Å². The van der Waals surface area contributed by atoms with E-state index in [1.54, 1.807) is 0 Å². The van der Waals surface area contributed by atoms with Crippen LogP contribution < -0.4 is 26.2 Å². The fourth-order valence-corrected chi connectivity index (χ4v) is 17.6. The van der Waals surface area contributed by atoms with Crippen LogP contribution in [-0.4, -0.2) is 6.71 Å². The zero-order valence-corrected chi connectivity index (χ0v) is 51.1. The predicted octanol–water partition coefficient (Wildman–Crippen LogP) is 17.9. The van der Waals surface area contributed by atoms with E-state index in [1.165, 1.54) is 99.9 Å². The first kappa shape index (κ1) is 48.2. The van der Waals surface area contributed by atoms with Crippen molar-refractivity contribution in [2.45, 2.75) is 161 Å². The number of fused-ring (bicyclic) bond motifs is 12. The molecule has 0 N–H and O–H groups in total. The van der Waals surface area contributed by atoms with Crippen molar-refractivity contribution in [3.63, 3.8) is 0 Å². The maximum Gasteiger partial charge on any atom is 0.252 e. The highest BCUT2D eigenvalue weighted by Gasteiger charge is 2.52. The summed E-state index contributed by atoms with van der Waals surface area (Å²) < 4.78 is 28.5. The minimum Gasteiger partial charge on any atom is -0.311 e. The minimum atomic E-state index is -2.44. The zero-order valence-electron chi connectivity index (χ0n) is 54.1. The molecule has 408 valence electrons. The number of anilines is 6. The van der Waals surface area contributed by atoms with Crippen molar-refractivity contribution in [1.82, 2.24) is 0 Å². The van der Waals surface area contributed by atoms with Gasteiger partial charge < -0.3 is 9.80 Å².